The van der Waals surface area contributed by atoms with Crippen molar-refractivity contribution in [2.24, 2.45) is 5.73 Å². The third-order valence-corrected chi connectivity index (χ3v) is 8.15. The van der Waals surface area contributed by atoms with Crippen LogP contribution in [0.1, 0.15) is 30.4 Å². The first kappa shape index (κ1) is 24.0. The van der Waals surface area contributed by atoms with Crippen LogP contribution in [0.2, 0.25) is 0 Å². The Kier molecular flexibility index (Phi) is 6.54. The Hall–Kier alpha value is -3.12. The Morgan fingerprint density at radius 1 is 1.09 bits per heavy atom. The number of nitrogens with two attached hydrogens (primary N) is 1. The molecule has 1 aliphatic rings. The van der Waals surface area contributed by atoms with Gasteiger partial charge in [0.15, 0.2) is 0 Å². The van der Waals surface area contributed by atoms with E-state index in [0.717, 1.165) is 15.0 Å². The fraction of sp³-hybridized carbons (Fsp3) is 0.261. The summed E-state index contributed by atoms with van der Waals surface area (Å²) in [6.45, 7) is -0.183. The monoisotopic (exact) mass is 501 g/mol. The van der Waals surface area contributed by atoms with Gasteiger partial charge in [-0.05, 0) is 46.5 Å². The molecule has 0 spiro atoms. The molecule has 9 nitrogen and oxygen atoms in total. The predicted octanol–water partition coefficient (Wildman–Crippen LogP) is 2.34. The molecule has 1 saturated heterocycles. The number of hydroxylamine groups is 1. The highest BCUT2D eigenvalue weighted by Crippen LogP contribution is 2.29. The van der Waals surface area contributed by atoms with Gasteiger partial charge in [-0.3, -0.25) is 24.5 Å². The number of thiophene rings is 1. The summed E-state index contributed by atoms with van der Waals surface area (Å²) in [7, 11) is -4.50. The van der Waals surface area contributed by atoms with Crippen LogP contribution in [0.15, 0.2) is 60.0 Å². The quantitative estimate of drug-likeness (QED) is 0.274. The molecule has 0 radical (unpaired) electrons. The lowest BCUT2D eigenvalue weighted by molar-refractivity contribution is -0.154. The molecular weight excluding hydrogens is 478 g/mol. The number of nitrogens with zero attached hydrogens (tertiary/aromatic N) is 2. The molecule has 1 atom stereocenters. The van der Waals surface area contributed by atoms with E-state index in [1.807, 2.05) is 11.4 Å². The minimum Gasteiger partial charge on any atom is -0.313 e. The minimum absolute atomic E-state index is 0.0741. The van der Waals surface area contributed by atoms with E-state index >= 15 is 0 Å². The first-order valence-electron chi connectivity index (χ1n) is 10.5. The lowest BCUT2D eigenvalue weighted by atomic mass is 9.86. The van der Waals surface area contributed by atoms with Crippen LogP contribution in [-0.4, -0.2) is 47.3 Å². The number of fused-ring (bicyclic) bond motifs is 1. The molecule has 2 heterocycles. The van der Waals surface area contributed by atoms with Crippen LogP contribution in [0.4, 0.5) is 0 Å². The van der Waals surface area contributed by atoms with Gasteiger partial charge in [0.2, 0.25) is 11.8 Å². The first-order valence-corrected chi connectivity index (χ1v) is 13.0. The predicted molar refractivity (Wildman–Crippen MR) is 126 cm³/mol. The molecule has 4 rings (SSSR count). The van der Waals surface area contributed by atoms with Crippen molar-refractivity contribution in [1.82, 2.24) is 9.37 Å². The van der Waals surface area contributed by atoms with Crippen LogP contribution in [0.3, 0.4) is 0 Å². The summed E-state index contributed by atoms with van der Waals surface area (Å²) in [5.74, 6) is -2.65. The fourth-order valence-electron chi connectivity index (χ4n) is 3.95. The van der Waals surface area contributed by atoms with Crippen LogP contribution in [0.25, 0.3) is 10.1 Å². The zero-order valence-electron chi connectivity index (χ0n) is 18.1. The zero-order valence-corrected chi connectivity index (χ0v) is 19.7. The van der Waals surface area contributed by atoms with E-state index < -0.39 is 27.2 Å². The van der Waals surface area contributed by atoms with Crippen molar-refractivity contribution in [3.05, 3.63) is 71.1 Å². The molecule has 11 heteroatoms. The number of hydrogen-bond donors (Lipinski definition) is 2. The van der Waals surface area contributed by atoms with E-state index in [1.54, 1.807) is 36.4 Å². The SMILES string of the molecule is NC(CCN1C(=O)CCC1=O)(C(=O)N(O)S(=O)(=O)Cc1ccc2sccc2c1)c1ccccc1. The third kappa shape index (κ3) is 4.60. The molecule has 3 N–H and O–H groups in total. The number of benzene rings is 2. The van der Waals surface area contributed by atoms with Gasteiger partial charge in [-0.25, -0.2) is 8.42 Å². The van der Waals surface area contributed by atoms with E-state index in [-0.39, 0.29) is 47.7 Å². The van der Waals surface area contributed by atoms with Crippen molar-refractivity contribution >= 4 is 49.2 Å². The normalized spacial score (nSPS) is 16.1. The lowest BCUT2D eigenvalue weighted by Gasteiger charge is -2.32. The maximum atomic E-state index is 13.3. The number of imide groups is 1. The summed E-state index contributed by atoms with van der Waals surface area (Å²) in [6, 6.07) is 14.9. The Morgan fingerprint density at radius 3 is 2.44 bits per heavy atom. The molecule has 3 amide bonds. The standard InChI is InChI=1S/C23H23N3O6S2/c24-23(18-4-2-1-3-5-18,11-12-25-20(27)8-9-21(25)28)22(29)26(30)34(31,32)15-16-6-7-19-17(14-16)10-13-33-19/h1-7,10,13-14,30H,8-9,11-12,15,24H2. The average molecular weight is 502 g/mol. The third-order valence-electron chi connectivity index (χ3n) is 5.86. The largest absolute Gasteiger partial charge is 0.313 e. The number of carbonyl (C=O) groups excluding carboxylic acids is 3. The molecular formula is C23H23N3O6S2. The Bertz CT molecular complexity index is 1340. The number of rotatable bonds is 8. The van der Waals surface area contributed by atoms with Gasteiger partial charge in [-0.15, -0.1) is 15.8 Å². The maximum Gasteiger partial charge on any atom is 0.285 e. The molecule has 1 aliphatic heterocycles. The van der Waals surface area contributed by atoms with Gasteiger partial charge in [-0.1, -0.05) is 36.4 Å². The van der Waals surface area contributed by atoms with Crippen LogP contribution < -0.4 is 5.73 Å². The van der Waals surface area contributed by atoms with Gasteiger partial charge in [0, 0.05) is 24.1 Å². The van der Waals surface area contributed by atoms with Crippen molar-refractivity contribution in [3.63, 3.8) is 0 Å². The highest BCUT2D eigenvalue weighted by Gasteiger charge is 2.44. The van der Waals surface area contributed by atoms with Crippen LogP contribution >= 0.6 is 11.3 Å². The smallest absolute Gasteiger partial charge is 0.285 e. The summed E-state index contributed by atoms with van der Waals surface area (Å²) in [4.78, 5) is 38.3. The molecule has 1 aromatic heterocycles. The number of carbonyl (C=O) groups is 3. The summed E-state index contributed by atoms with van der Waals surface area (Å²) in [6.07, 6.45) is -0.115. The Morgan fingerprint density at radius 2 is 1.76 bits per heavy atom. The van der Waals surface area contributed by atoms with E-state index in [1.165, 1.54) is 23.5 Å². The number of amides is 3. The number of hydrogen-bond acceptors (Lipinski definition) is 8. The van der Waals surface area contributed by atoms with Gasteiger partial charge in [0.25, 0.3) is 15.9 Å². The van der Waals surface area contributed by atoms with Crippen molar-refractivity contribution in [2.45, 2.75) is 30.6 Å². The summed E-state index contributed by atoms with van der Waals surface area (Å²) in [5.41, 5.74) is 5.06. The van der Waals surface area contributed by atoms with Crippen molar-refractivity contribution in [1.29, 1.82) is 0 Å². The molecule has 0 saturated carbocycles. The van der Waals surface area contributed by atoms with Gasteiger partial charge in [0.05, 0.1) is 5.75 Å². The molecule has 1 unspecified atom stereocenters. The van der Waals surface area contributed by atoms with Crippen molar-refractivity contribution in [3.8, 4) is 0 Å². The molecule has 0 aliphatic carbocycles. The van der Waals surface area contributed by atoms with Gasteiger partial charge >= 0.3 is 0 Å². The molecule has 178 valence electrons. The second kappa shape index (κ2) is 9.26. The molecule has 2 aromatic carbocycles. The first-order chi connectivity index (χ1) is 16.1. The summed E-state index contributed by atoms with van der Waals surface area (Å²) < 4.78 is 26.6. The van der Waals surface area contributed by atoms with Gasteiger partial charge in [-0.2, -0.15) is 0 Å². The second-order valence-electron chi connectivity index (χ2n) is 8.12. The van der Waals surface area contributed by atoms with Gasteiger partial charge < -0.3 is 5.73 Å². The Labute approximate surface area is 200 Å². The highest BCUT2D eigenvalue weighted by molar-refractivity contribution is 7.88. The van der Waals surface area contributed by atoms with Crippen LogP contribution in [0.5, 0.6) is 0 Å². The fourth-order valence-corrected chi connectivity index (χ4v) is 5.85. The van der Waals surface area contributed by atoms with E-state index in [0.29, 0.717) is 5.56 Å². The van der Waals surface area contributed by atoms with E-state index in [9.17, 15) is 28.0 Å². The van der Waals surface area contributed by atoms with E-state index in [2.05, 4.69) is 0 Å². The Balaban J connectivity index is 1.60. The minimum atomic E-state index is -4.50. The van der Waals surface area contributed by atoms with E-state index in [4.69, 9.17) is 5.73 Å². The number of sulfonamides is 1. The molecule has 1 fully saturated rings. The zero-order chi connectivity index (χ0) is 24.5. The molecule has 34 heavy (non-hydrogen) atoms. The summed E-state index contributed by atoms with van der Waals surface area (Å²) >= 11 is 1.51. The average Bonchev–Trinajstić information content (AvgIpc) is 3.42. The molecule has 0 bridgehead atoms. The highest BCUT2D eigenvalue weighted by atomic mass is 32.2. The van der Waals surface area contributed by atoms with Gasteiger partial charge in [0.1, 0.15) is 5.54 Å². The topological polar surface area (TPSA) is 138 Å². The summed E-state index contributed by atoms with van der Waals surface area (Å²) in [5, 5.41) is 13.3. The maximum absolute atomic E-state index is 13.3. The lowest BCUT2D eigenvalue weighted by Crippen LogP contribution is -2.55. The van der Waals surface area contributed by atoms with Crippen molar-refractivity contribution < 1.29 is 28.0 Å². The van der Waals surface area contributed by atoms with Crippen molar-refractivity contribution in [2.75, 3.05) is 6.54 Å². The molecule has 3 aromatic rings. The number of likely N-dealkylation sites (tertiary alicyclic amines) is 1. The second-order valence-corrected chi connectivity index (χ2v) is 10.9. The van der Waals surface area contributed by atoms with Crippen LogP contribution in [-0.2, 0) is 35.7 Å². The van der Waals surface area contributed by atoms with Crippen LogP contribution in [0, 0.1) is 0 Å².